The van der Waals surface area contributed by atoms with Gasteiger partial charge in [0.25, 0.3) is 5.91 Å². The number of amides is 1. The minimum atomic E-state index is -2.53. The molecule has 9 nitrogen and oxygen atoms in total. The highest BCUT2D eigenvalue weighted by atomic mass is 16.3. The van der Waals surface area contributed by atoms with Gasteiger partial charge in [0.15, 0.2) is 11.4 Å². The molecule has 0 heterocycles. The average molecular weight is 440 g/mol. The van der Waals surface area contributed by atoms with Crippen LogP contribution in [0.1, 0.15) is 42.4 Å². The molecule has 0 bridgehead atoms. The summed E-state index contributed by atoms with van der Waals surface area (Å²) in [6.07, 6.45) is 2.34. The molecule has 3 atom stereocenters. The number of phenols is 1. The maximum absolute atomic E-state index is 13.4. The van der Waals surface area contributed by atoms with Gasteiger partial charge >= 0.3 is 0 Å². The Balaban J connectivity index is 1.63. The van der Waals surface area contributed by atoms with Gasteiger partial charge in [0.1, 0.15) is 22.8 Å². The number of fused-ring (bicyclic) bond motifs is 3. The molecule has 168 valence electrons. The first-order chi connectivity index (χ1) is 15.1. The second-order valence-electron chi connectivity index (χ2n) is 9.16. The minimum absolute atomic E-state index is 0.122. The van der Waals surface area contributed by atoms with Crippen LogP contribution in [-0.2, 0) is 27.3 Å². The van der Waals surface area contributed by atoms with Crippen molar-refractivity contribution in [2.45, 2.75) is 50.3 Å². The topological polar surface area (TPSA) is 170 Å². The van der Waals surface area contributed by atoms with Crippen molar-refractivity contribution >= 4 is 23.2 Å². The van der Waals surface area contributed by atoms with Crippen LogP contribution in [0, 0.1) is 11.8 Å². The van der Waals surface area contributed by atoms with E-state index in [4.69, 9.17) is 5.73 Å². The number of phenolic OH excluding ortho intramolecular Hbond substituents is 1. The number of Topliss-reactive ketones (excluding diaryl/α,β-unsaturated/α-hetero) is 2. The van der Waals surface area contributed by atoms with E-state index < -0.39 is 52.0 Å². The number of aliphatic hydroxyl groups excluding tert-OH is 2. The van der Waals surface area contributed by atoms with Crippen molar-refractivity contribution in [3.05, 3.63) is 45.7 Å². The minimum Gasteiger partial charge on any atom is -0.508 e. The Morgan fingerprint density at radius 2 is 1.88 bits per heavy atom. The lowest BCUT2D eigenvalue weighted by atomic mass is 9.59. The summed E-state index contributed by atoms with van der Waals surface area (Å²) in [5.41, 5.74) is 3.48. The highest BCUT2D eigenvalue weighted by Gasteiger charge is 2.60. The predicted octanol–water partition coefficient (Wildman–Crippen LogP) is 0.676. The Morgan fingerprint density at radius 3 is 2.53 bits per heavy atom. The molecule has 4 aliphatic rings. The van der Waals surface area contributed by atoms with Crippen molar-refractivity contribution in [1.29, 1.82) is 0 Å². The standard InChI is InChI=1S/C23H24N2O7/c24-22(31)18-15(27)7-11-5-10-6-13-9(8-25-12-2-3-12)1-4-14(26)17(13)19(28)16(10)20(29)23(11,32)21(18)30/h1,4,10-12,25-26,28,30,32H,2-3,5-8H2,(H2,24,31)/t10?,11-,23-/m0/s1. The number of hydrogen-bond acceptors (Lipinski definition) is 8. The van der Waals surface area contributed by atoms with Gasteiger partial charge in [-0.15, -0.1) is 0 Å². The van der Waals surface area contributed by atoms with Crippen LogP contribution in [0.4, 0.5) is 0 Å². The maximum atomic E-state index is 13.4. The van der Waals surface area contributed by atoms with Crippen LogP contribution in [0.3, 0.4) is 0 Å². The molecule has 9 heteroatoms. The lowest BCUT2D eigenvalue weighted by molar-refractivity contribution is -0.147. The van der Waals surface area contributed by atoms with E-state index in [1.54, 1.807) is 6.07 Å². The molecule has 2 saturated carbocycles. The van der Waals surface area contributed by atoms with Gasteiger partial charge in [-0.1, -0.05) is 6.07 Å². The van der Waals surface area contributed by atoms with Crippen LogP contribution in [-0.4, -0.2) is 49.5 Å². The van der Waals surface area contributed by atoms with E-state index in [2.05, 4.69) is 5.32 Å². The van der Waals surface area contributed by atoms with E-state index in [1.807, 2.05) is 0 Å². The molecule has 0 spiro atoms. The summed E-state index contributed by atoms with van der Waals surface area (Å²) >= 11 is 0. The zero-order chi connectivity index (χ0) is 22.9. The van der Waals surface area contributed by atoms with Gasteiger partial charge in [0.05, 0.1) is 5.56 Å². The molecule has 0 aromatic heterocycles. The van der Waals surface area contributed by atoms with Gasteiger partial charge in [-0.2, -0.15) is 0 Å². The Kier molecular flexibility index (Phi) is 4.48. The second kappa shape index (κ2) is 6.91. The quantitative estimate of drug-likeness (QED) is 0.371. The number of aromatic hydroxyl groups is 1. The molecule has 1 amide bonds. The van der Waals surface area contributed by atoms with Gasteiger partial charge in [0.2, 0.25) is 5.78 Å². The molecule has 0 saturated heterocycles. The smallest absolute Gasteiger partial charge is 0.255 e. The molecule has 32 heavy (non-hydrogen) atoms. The first kappa shape index (κ1) is 20.7. The molecule has 5 rings (SSSR count). The first-order valence-electron chi connectivity index (χ1n) is 10.7. The summed E-state index contributed by atoms with van der Waals surface area (Å²) in [6, 6.07) is 3.68. The highest BCUT2D eigenvalue weighted by Crippen LogP contribution is 2.52. The van der Waals surface area contributed by atoms with Gasteiger partial charge in [-0.05, 0) is 48.8 Å². The van der Waals surface area contributed by atoms with E-state index >= 15 is 0 Å². The normalized spacial score (nSPS) is 29.5. The van der Waals surface area contributed by atoms with E-state index in [0.717, 1.165) is 18.4 Å². The third kappa shape index (κ3) is 2.81. The van der Waals surface area contributed by atoms with Crippen molar-refractivity contribution in [3.8, 4) is 5.75 Å². The van der Waals surface area contributed by atoms with Crippen LogP contribution in [0.5, 0.6) is 5.75 Å². The van der Waals surface area contributed by atoms with Crippen molar-refractivity contribution in [2.75, 3.05) is 0 Å². The number of nitrogens with two attached hydrogens (primary N) is 1. The third-order valence-corrected chi connectivity index (χ3v) is 7.20. The first-order valence-corrected chi connectivity index (χ1v) is 10.7. The highest BCUT2D eigenvalue weighted by molar-refractivity contribution is 6.22. The molecule has 0 aliphatic heterocycles. The monoisotopic (exact) mass is 440 g/mol. The zero-order valence-corrected chi connectivity index (χ0v) is 17.2. The Labute approximate surface area is 183 Å². The number of ketones is 2. The zero-order valence-electron chi connectivity index (χ0n) is 17.2. The molecular weight excluding hydrogens is 416 g/mol. The molecule has 7 N–H and O–H groups in total. The summed E-state index contributed by atoms with van der Waals surface area (Å²) in [5, 5.41) is 46.7. The molecule has 1 unspecified atom stereocenters. The average Bonchev–Trinajstić information content (AvgIpc) is 3.54. The van der Waals surface area contributed by atoms with Crippen LogP contribution in [0.2, 0.25) is 0 Å². The number of hydrogen-bond donors (Lipinski definition) is 6. The van der Waals surface area contributed by atoms with Crippen molar-refractivity contribution < 1.29 is 34.8 Å². The maximum Gasteiger partial charge on any atom is 0.255 e. The number of carbonyl (C=O) groups is 3. The fourth-order valence-corrected chi connectivity index (χ4v) is 5.39. The Hall–Kier alpha value is -3.17. The summed E-state index contributed by atoms with van der Waals surface area (Å²) in [6.45, 7) is 0.550. The number of primary amides is 1. The van der Waals surface area contributed by atoms with Crippen LogP contribution < -0.4 is 11.1 Å². The Bertz CT molecular complexity index is 1150. The van der Waals surface area contributed by atoms with E-state index in [-0.39, 0.29) is 29.7 Å². The van der Waals surface area contributed by atoms with Gasteiger partial charge in [-0.3, -0.25) is 14.4 Å². The fourth-order valence-electron chi connectivity index (χ4n) is 5.39. The van der Waals surface area contributed by atoms with Crippen molar-refractivity contribution in [3.63, 3.8) is 0 Å². The molecule has 1 aromatic carbocycles. The number of carbonyl (C=O) groups excluding carboxylic acids is 3. The number of aliphatic hydroxyl groups is 3. The molecule has 2 fully saturated rings. The molecule has 0 radical (unpaired) electrons. The van der Waals surface area contributed by atoms with E-state index in [9.17, 15) is 34.8 Å². The van der Waals surface area contributed by atoms with Crippen LogP contribution in [0.15, 0.2) is 29.0 Å². The summed E-state index contributed by atoms with van der Waals surface area (Å²) in [4.78, 5) is 37.5. The second-order valence-corrected chi connectivity index (χ2v) is 9.16. The molecule has 1 aromatic rings. The van der Waals surface area contributed by atoms with Gasteiger partial charge < -0.3 is 31.5 Å². The lowest BCUT2D eigenvalue weighted by Crippen LogP contribution is -2.58. The van der Waals surface area contributed by atoms with E-state index in [0.29, 0.717) is 24.6 Å². The number of benzene rings is 1. The Morgan fingerprint density at radius 1 is 1.16 bits per heavy atom. The third-order valence-electron chi connectivity index (χ3n) is 7.20. The summed E-state index contributed by atoms with van der Waals surface area (Å²) < 4.78 is 0. The molecular formula is C23H24N2O7. The largest absolute Gasteiger partial charge is 0.508 e. The summed E-state index contributed by atoms with van der Waals surface area (Å²) in [5.74, 6) is -6.12. The van der Waals surface area contributed by atoms with Crippen LogP contribution >= 0.6 is 0 Å². The SMILES string of the molecule is NC(=O)C1=C(O)[C@@]2(O)C(=O)C3=C(O)c4c(O)ccc(CNC5CC5)c4CC3C[C@H]2CC1=O. The van der Waals surface area contributed by atoms with Crippen molar-refractivity contribution in [1.82, 2.24) is 5.32 Å². The van der Waals surface area contributed by atoms with Gasteiger partial charge in [0, 0.05) is 30.5 Å². The number of rotatable bonds is 4. The fraction of sp³-hybridized carbons (Fsp3) is 0.435. The van der Waals surface area contributed by atoms with Crippen molar-refractivity contribution in [2.24, 2.45) is 17.6 Å². The van der Waals surface area contributed by atoms with Gasteiger partial charge in [-0.25, -0.2) is 0 Å². The number of nitrogens with one attached hydrogen (secondary N) is 1. The van der Waals surface area contributed by atoms with E-state index in [1.165, 1.54) is 6.07 Å². The predicted molar refractivity (Wildman–Crippen MR) is 111 cm³/mol. The molecule has 4 aliphatic carbocycles. The lowest BCUT2D eigenvalue weighted by Gasteiger charge is -2.46. The summed E-state index contributed by atoms with van der Waals surface area (Å²) in [7, 11) is 0. The van der Waals surface area contributed by atoms with Crippen LogP contribution in [0.25, 0.3) is 5.76 Å².